The summed E-state index contributed by atoms with van der Waals surface area (Å²) >= 11 is 0. The standard InChI is InChI=1S/C27H27N5O2/c1-20-16-22(7-9-26(20)34-23-5-2-10-28-18-23)31-27-24-17-21(6-8-25(24)29-19-30-27)4-3-11-32-12-14-33-15-13-32/h2-10,16-19H,11-15H2,1H3,(H,29,30,31). The van der Waals surface area contributed by atoms with Gasteiger partial charge in [0.25, 0.3) is 0 Å². The van der Waals surface area contributed by atoms with Crippen LogP contribution in [-0.2, 0) is 4.74 Å². The number of aryl methyl sites for hydroxylation is 1. The maximum atomic E-state index is 5.95. The van der Waals surface area contributed by atoms with E-state index in [1.54, 1.807) is 18.7 Å². The lowest BCUT2D eigenvalue weighted by Crippen LogP contribution is -2.36. The molecule has 0 spiro atoms. The Labute approximate surface area is 199 Å². The highest BCUT2D eigenvalue weighted by Crippen LogP contribution is 2.29. The normalized spacial score (nSPS) is 14.5. The van der Waals surface area contributed by atoms with Crippen LogP contribution >= 0.6 is 0 Å². The number of nitrogens with one attached hydrogen (secondary N) is 1. The van der Waals surface area contributed by atoms with Gasteiger partial charge in [0.1, 0.15) is 23.6 Å². The zero-order valence-corrected chi connectivity index (χ0v) is 19.1. The van der Waals surface area contributed by atoms with Crippen molar-refractivity contribution in [1.29, 1.82) is 0 Å². The average molecular weight is 454 g/mol. The Balaban J connectivity index is 1.33. The minimum Gasteiger partial charge on any atom is -0.455 e. The number of hydrogen-bond donors (Lipinski definition) is 1. The van der Waals surface area contributed by atoms with Crippen molar-refractivity contribution in [2.45, 2.75) is 6.92 Å². The third-order valence-corrected chi connectivity index (χ3v) is 5.74. The van der Waals surface area contributed by atoms with E-state index in [-0.39, 0.29) is 0 Å². The van der Waals surface area contributed by atoms with E-state index in [0.29, 0.717) is 5.75 Å². The van der Waals surface area contributed by atoms with Gasteiger partial charge < -0.3 is 14.8 Å². The summed E-state index contributed by atoms with van der Waals surface area (Å²) in [6.45, 7) is 6.53. The van der Waals surface area contributed by atoms with Gasteiger partial charge in [-0.25, -0.2) is 9.97 Å². The highest BCUT2D eigenvalue weighted by atomic mass is 16.5. The Hall–Kier alpha value is -3.81. The second-order valence-corrected chi connectivity index (χ2v) is 8.21. The van der Waals surface area contributed by atoms with Crippen LogP contribution in [0.5, 0.6) is 11.5 Å². The lowest BCUT2D eigenvalue weighted by atomic mass is 10.1. The molecule has 1 fully saturated rings. The van der Waals surface area contributed by atoms with Crippen LogP contribution in [0.1, 0.15) is 11.1 Å². The number of pyridine rings is 1. The van der Waals surface area contributed by atoms with Crippen LogP contribution in [0.4, 0.5) is 11.5 Å². The van der Waals surface area contributed by atoms with Gasteiger partial charge in [-0.3, -0.25) is 9.88 Å². The molecule has 0 aliphatic carbocycles. The molecular formula is C27H27N5O2. The van der Waals surface area contributed by atoms with Crippen LogP contribution in [0.2, 0.25) is 0 Å². The van der Waals surface area contributed by atoms with E-state index in [4.69, 9.17) is 9.47 Å². The Morgan fingerprint density at radius 3 is 2.82 bits per heavy atom. The summed E-state index contributed by atoms with van der Waals surface area (Å²) in [5, 5.41) is 4.42. The van der Waals surface area contributed by atoms with Crippen LogP contribution in [-0.4, -0.2) is 52.7 Å². The van der Waals surface area contributed by atoms with Crippen LogP contribution in [0.3, 0.4) is 0 Å². The molecule has 1 aliphatic rings. The number of aromatic nitrogens is 3. The van der Waals surface area contributed by atoms with Crippen molar-refractivity contribution in [3.05, 3.63) is 84.5 Å². The molecule has 0 bridgehead atoms. The molecule has 7 nitrogen and oxygen atoms in total. The molecule has 172 valence electrons. The maximum Gasteiger partial charge on any atom is 0.145 e. The van der Waals surface area contributed by atoms with Crippen molar-refractivity contribution in [1.82, 2.24) is 19.9 Å². The Morgan fingerprint density at radius 1 is 1.09 bits per heavy atom. The van der Waals surface area contributed by atoms with Crippen molar-refractivity contribution in [3.8, 4) is 11.5 Å². The number of morpholine rings is 1. The van der Waals surface area contributed by atoms with Crippen LogP contribution in [0.15, 0.2) is 73.3 Å². The molecule has 3 heterocycles. The number of benzene rings is 2. The van der Waals surface area contributed by atoms with Gasteiger partial charge in [0.05, 0.1) is 24.9 Å². The van der Waals surface area contributed by atoms with Crippen molar-refractivity contribution in [2.24, 2.45) is 0 Å². The van der Waals surface area contributed by atoms with Crippen LogP contribution < -0.4 is 10.1 Å². The molecule has 2 aromatic carbocycles. The molecule has 5 rings (SSSR count). The van der Waals surface area contributed by atoms with Gasteiger partial charge in [-0.05, 0) is 60.5 Å². The van der Waals surface area contributed by atoms with Gasteiger partial charge in [-0.2, -0.15) is 0 Å². The summed E-state index contributed by atoms with van der Waals surface area (Å²) in [5.74, 6) is 2.27. The summed E-state index contributed by atoms with van der Waals surface area (Å²) in [6.07, 6.45) is 9.37. The van der Waals surface area contributed by atoms with E-state index >= 15 is 0 Å². The Bertz CT molecular complexity index is 1290. The third-order valence-electron chi connectivity index (χ3n) is 5.74. The monoisotopic (exact) mass is 453 g/mol. The first-order valence-electron chi connectivity index (χ1n) is 11.4. The van der Waals surface area contributed by atoms with Gasteiger partial charge in [0, 0.05) is 36.9 Å². The van der Waals surface area contributed by atoms with E-state index in [9.17, 15) is 0 Å². The first-order chi connectivity index (χ1) is 16.7. The fourth-order valence-electron chi connectivity index (χ4n) is 3.91. The van der Waals surface area contributed by atoms with E-state index < -0.39 is 0 Å². The summed E-state index contributed by atoms with van der Waals surface area (Å²) in [5.41, 5.74) is 3.97. The van der Waals surface area contributed by atoms with E-state index in [1.807, 2.05) is 43.3 Å². The highest BCUT2D eigenvalue weighted by molar-refractivity contribution is 5.92. The first kappa shape index (κ1) is 22.0. The number of ether oxygens (including phenoxy) is 2. The van der Waals surface area contributed by atoms with Gasteiger partial charge in [-0.15, -0.1) is 0 Å². The lowest BCUT2D eigenvalue weighted by Gasteiger charge is -2.25. The predicted octanol–water partition coefficient (Wildman–Crippen LogP) is 5.21. The molecule has 1 saturated heterocycles. The lowest BCUT2D eigenvalue weighted by molar-refractivity contribution is 0.0435. The molecule has 0 amide bonds. The molecule has 0 radical (unpaired) electrons. The van der Waals surface area contributed by atoms with Crippen LogP contribution in [0.25, 0.3) is 17.0 Å². The molecule has 7 heteroatoms. The molecule has 0 saturated carbocycles. The largest absolute Gasteiger partial charge is 0.455 e. The van der Waals surface area contributed by atoms with Gasteiger partial charge >= 0.3 is 0 Å². The van der Waals surface area contributed by atoms with Crippen molar-refractivity contribution >= 4 is 28.5 Å². The molecule has 2 aromatic heterocycles. The summed E-state index contributed by atoms with van der Waals surface area (Å²) in [4.78, 5) is 15.4. The number of hydrogen-bond acceptors (Lipinski definition) is 7. The second kappa shape index (κ2) is 10.4. The third kappa shape index (κ3) is 5.39. The van der Waals surface area contributed by atoms with E-state index in [1.165, 1.54) is 0 Å². The van der Waals surface area contributed by atoms with Gasteiger partial charge in [-0.1, -0.05) is 18.2 Å². The zero-order chi connectivity index (χ0) is 23.2. The molecule has 1 N–H and O–H groups in total. The maximum absolute atomic E-state index is 5.95. The van der Waals surface area contributed by atoms with Crippen molar-refractivity contribution in [2.75, 3.05) is 38.2 Å². The number of anilines is 2. The number of rotatable bonds is 7. The smallest absolute Gasteiger partial charge is 0.145 e. The summed E-state index contributed by atoms with van der Waals surface area (Å²) < 4.78 is 11.4. The second-order valence-electron chi connectivity index (χ2n) is 8.21. The Kier molecular flexibility index (Phi) is 6.74. The van der Waals surface area contributed by atoms with E-state index in [0.717, 1.165) is 72.1 Å². The molecule has 4 aromatic rings. The van der Waals surface area contributed by atoms with Crippen LogP contribution in [0, 0.1) is 6.92 Å². The molecule has 1 aliphatic heterocycles. The number of nitrogens with zero attached hydrogens (tertiary/aromatic N) is 4. The minimum atomic E-state index is 0.710. The zero-order valence-electron chi connectivity index (χ0n) is 19.1. The molecule has 34 heavy (non-hydrogen) atoms. The highest BCUT2D eigenvalue weighted by Gasteiger charge is 2.09. The van der Waals surface area contributed by atoms with Crippen molar-refractivity contribution in [3.63, 3.8) is 0 Å². The van der Waals surface area contributed by atoms with E-state index in [2.05, 4.69) is 49.5 Å². The average Bonchev–Trinajstić information content (AvgIpc) is 2.87. The fourth-order valence-corrected chi connectivity index (χ4v) is 3.91. The molecular weight excluding hydrogens is 426 g/mol. The summed E-state index contributed by atoms with van der Waals surface area (Å²) in [6, 6.07) is 16.0. The fraction of sp³-hybridized carbons (Fsp3) is 0.222. The number of fused-ring (bicyclic) bond motifs is 1. The SMILES string of the molecule is Cc1cc(Nc2ncnc3ccc(C=CCN4CCOCC4)cc23)ccc1Oc1cccnc1. The predicted molar refractivity (Wildman–Crippen MR) is 135 cm³/mol. The van der Waals surface area contributed by atoms with Crippen molar-refractivity contribution < 1.29 is 9.47 Å². The Morgan fingerprint density at radius 2 is 2.00 bits per heavy atom. The first-order valence-corrected chi connectivity index (χ1v) is 11.4. The van der Waals surface area contributed by atoms with Gasteiger partial charge in [0.2, 0.25) is 0 Å². The summed E-state index contributed by atoms with van der Waals surface area (Å²) in [7, 11) is 0. The molecule has 0 unspecified atom stereocenters. The molecule has 0 atom stereocenters. The van der Waals surface area contributed by atoms with Gasteiger partial charge in [0.15, 0.2) is 0 Å². The topological polar surface area (TPSA) is 72.4 Å². The minimum absolute atomic E-state index is 0.710. The quantitative estimate of drug-likeness (QED) is 0.412.